The second kappa shape index (κ2) is 8.64. The number of nitrogens with zero attached hydrogens (tertiary/aromatic N) is 2. The van der Waals surface area contributed by atoms with Gasteiger partial charge in [-0.3, -0.25) is 9.78 Å². The molecule has 1 aliphatic rings. The first-order valence-corrected chi connectivity index (χ1v) is 10.5. The van der Waals surface area contributed by atoms with Crippen LogP contribution in [0.15, 0.2) is 54.7 Å². The van der Waals surface area contributed by atoms with Crippen LogP contribution < -0.4 is 9.64 Å². The number of para-hydroxylation sites is 1. The Hall–Kier alpha value is -2.88. The fraction of sp³-hybridized carbons (Fsp3) is 0.360. The molecule has 0 aliphatic heterocycles. The van der Waals surface area contributed by atoms with Crippen molar-refractivity contribution in [2.45, 2.75) is 52.0 Å². The lowest BCUT2D eigenvalue weighted by atomic mass is 9.93. The molecule has 0 N–H and O–H groups in total. The van der Waals surface area contributed by atoms with Crippen molar-refractivity contribution in [2.75, 3.05) is 11.5 Å². The lowest BCUT2D eigenvalue weighted by Gasteiger charge is -2.34. The number of hydrogen-bond acceptors (Lipinski definition) is 3. The lowest BCUT2D eigenvalue weighted by Crippen LogP contribution is -2.44. The van der Waals surface area contributed by atoms with Gasteiger partial charge < -0.3 is 9.64 Å². The molecular weight excluding hydrogens is 360 g/mol. The van der Waals surface area contributed by atoms with E-state index in [1.165, 1.54) is 19.3 Å². The highest BCUT2D eigenvalue weighted by Crippen LogP contribution is 2.30. The van der Waals surface area contributed by atoms with Gasteiger partial charge in [0.15, 0.2) is 6.61 Å². The number of rotatable bonds is 5. The van der Waals surface area contributed by atoms with Crippen molar-refractivity contribution >= 4 is 22.5 Å². The van der Waals surface area contributed by atoms with E-state index in [9.17, 15) is 4.79 Å². The molecule has 0 spiro atoms. The highest BCUT2D eigenvalue weighted by molar-refractivity contribution is 5.96. The van der Waals surface area contributed by atoms with Crippen molar-refractivity contribution in [3.05, 3.63) is 65.9 Å². The summed E-state index contributed by atoms with van der Waals surface area (Å²) in [6.45, 7) is 4.12. The Balaban J connectivity index is 1.59. The summed E-state index contributed by atoms with van der Waals surface area (Å²) in [4.78, 5) is 19.8. The summed E-state index contributed by atoms with van der Waals surface area (Å²) in [7, 11) is 0. The summed E-state index contributed by atoms with van der Waals surface area (Å²) in [5.74, 6) is 0.736. The normalized spacial score (nSPS) is 14.7. The Labute approximate surface area is 172 Å². The highest BCUT2D eigenvalue weighted by Gasteiger charge is 2.27. The number of pyridine rings is 1. The van der Waals surface area contributed by atoms with Crippen LogP contribution in [0.1, 0.15) is 43.2 Å². The SMILES string of the molecule is Cc1ccc(C)c2c(OCC(=O)N(c3ccccc3)C3CCCCC3)ccnc12. The molecule has 1 fully saturated rings. The van der Waals surface area contributed by atoms with Crippen LogP contribution in [0.4, 0.5) is 5.69 Å². The molecule has 1 amide bonds. The van der Waals surface area contributed by atoms with Gasteiger partial charge in [0.25, 0.3) is 5.91 Å². The number of amides is 1. The second-order valence-electron chi connectivity index (χ2n) is 7.91. The summed E-state index contributed by atoms with van der Waals surface area (Å²) >= 11 is 0. The van der Waals surface area contributed by atoms with Crippen molar-refractivity contribution in [3.63, 3.8) is 0 Å². The topological polar surface area (TPSA) is 42.4 Å². The zero-order valence-electron chi connectivity index (χ0n) is 17.2. The van der Waals surface area contributed by atoms with Crippen LogP contribution in [0.5, 0.6) is 5.75 Å². The van der Waals surface area contributed by atoms with Crippen LogP contribution in [0, 0.1) is 13.8 Å². The predicted molar refractivity (Wildman–Crippen MR) is 118 cm³/mol. The minimum atomic E-state index is 0.0124. The standard InChI is InChI=1S/C25H28N2O2/c1-18-13-14-19(2)25-24(18)22(15-16-26-25)29-17-23(28)27(20-9-5-3-6-10-20)21-11-7-4-8-12-21/h3,5-6,9-10,13-16,21H,4,7-8,11-12,17H2,1-2H3. The van der Waals surface area contributed by atoms with Gasteiger partial charge in [-0.1, -0.05) is 49.6 Å². The molecule has 1 aliphatic carbocycles. The molecule has 3 aromatic rings. The summed E-state index contributed by atoms with van der Waals surface area (Å²) in [6, 6.07) is 16.2. The molecule has 0 unspecified atom stereocenters. The van der Waals surface area contributed by atoms with Gasteiger partial charge in [-0.2, -0.15) is 0 Å². The second-order valence-corrected chi connectivity index (χ2v) is 7.91. The molecule has 150 valence electrons. The Morgan fingerprint density at radius 2 is 1.72 bits per heavy atom. The van der Waals surface area contributed by atoms with Crippen LogP contribution in [-0.2, 0) is 4.79 Å². The van der Waals surface area contributed by atoms with Gasteiger partial charge in [-0.05, 0) is 56.0 Å². The quantitative estimate of drug-likeness (QED) is 0.572. The van der Waals surface area contributed by atoms with E-state index in [0.717, 1.165) is 46.3 Å². The van der Waals surface area contributed by atoms with Gasteiger partial charge in [0.1, 0.15) is 5.75 Å². The number of aryl methyl sites for hydroxylation is 2. The number of carbonyl (C=O) groups is 1. The van der Waals surface area contributed by atoms with E-state index >= 15 is 0 Å². The highest BCUT2D eigenvalue weighted by atomic mass is 16.5. The first-order valence-electron chi connectivity index (χ1n) is 10.5. The van der Waals surface area contributed by atoms with E-state index in [-0.39, 0.29) is 18.6 Å². The Kier molecular flexibility index (Phi) is 5.79. The van der Waals surface area contributed by atoms with Crippen LogP contribution in [0.25, 0.3) is 10.9 Å². The Bertz CT molecular complexity index is 994. The average Bonchev–Trinajstić information content (AvgIpc) is 2.76. The van der Waals surface area contributed by atoms with Crippen molar-refractivity contribution in [2.24, 2.45) is 0 Å². The van der Waals surface area contributed by atoms with Gasteiger partial charge in [0.05, 0.1) is 5.52 Å². The number of ether oxygens (including phenoxy) is 1. The minimum absolute atomic E-state index is 0.0124. The summed E-state index contributed by atoms with van der Waals surface area (Å²) in [5, 5.41) is 0.990. The summed E-state index contributed by atoms with van der Waals surface area (Å²) < 4.78 is 6.08. The monoisotopic (exact) mass is 388 g/mol. The van der Waals surface area contributed by atoms with E-state index in [0.29, 0.717) is 0 Å². The third kappa shape index (κ3) is 4.12. The summed E-state index contributed by atoms with van der Waals surface area (Å²) in [5.41, 5.74) is 4.10. The Morgan fingerprint density at radius 3 is 2.48 bits per heavy atom. The molecule has 0 radical (unpaired) electrons. The van der Waals surface area contributed by atoms with Crippen LogP contribution in [0.2, 0.25) is 0 Å². The molecule has 1 saturated carbocycles. The average molecular weight is 389 g/mol. The minimum Gasteiger partial charge on any atom is -0.483 e. The van der Waals surface area contributed by atoms with Gasteiger partial charge >= 0.3 is 0 Å². The molecule has 4 nitrogen and oxygen atoms in total. The van der Waals surface area contributed by atoms with E-state index in [4.69, 9.17) is 4.74 Å². The fourth-order valence-electron chi connectivity index (χ4n) is 4.35. The number of anilines is 1. The zero-order chi connectivity index (χ0) is 20.2. The number of benzene rings is 2. The number of fused-ring (bicyclic) bond motifs is 1. The Morgan fingerprint density at radius 1 is 1.00 bits per heavy atom. The molecule has 0 bridgehead atoms. The molecule has 1 aromatic heterocycles. The van der Waals surface area contributed by atoms with E-state index in [2.05, 4.69) is 24.0 Å². The van der Waals surface area contributed by atoms with Crippen molar-refractivity contribution in [1.29, 1.82) is 0 Å². The lowest BCUT2D eigenvalue weighted by molar-refractivity contribution is -0.121. The number of aromatic nitrogens is 1. The maximum absolute atomic E-state index is 13.3. The molecule has 4 heteroatoms. The predicted octanol–water partition coefficient (Wildman–Crippen LogP) is 5.60. The first-order chi connectivity index (χ1) is 14.1. The molecule has 2 aromatic carbocycles. The van der Waals surface area contributed by atoms with Gasteiger partial charge in [-0.15, -0.1) is 0 Å². The van der Waals surface area contributed by atoms with E-state index in [1.54, 1.807) is 6.20 Å². The third-order valence-electron chi connectivity index (χ3n) is 5.86. The molecule has 29 heavy (non-hydrogen) atoms. The molecule has 1 heterocycles. The molecular formula is C25H28N2O2. The van der Waals surface area contributed by atoms with Gasteiger partial charge in [-0.25, -0.2) is 0 Å². The smallest absolute Gasteiger partial charge is 0.265 e. The van der Waals surface area contributed by atoms with Crippen LogP contribution >= 0.6 is 0 Å². The summed E-state index contributed by atoms with van der Waals surface area (Å²) in [6.07, 6.45) is 7.47. The van der Waals surface area contributed by atoms with Gasteiger partial charge in [0, 0.05) is 23.3 Å². The molecule has 4 rings (SSSR count). The van der Waals surface area contributed by atoms with Crippen LogP contribution in [0.3, 0.4) is 0 Å². The maximum atomic E-state index is 13.3. The van der Waals surface area contributed by atoms with E-state index < -0.39 is 0 Å². The zero-order valence-corrected chi connectivity index (χ0v) is 17.2. The largest absolute Gasteiger partial charge is 0.483 e. The van der Waals surface area contributed by atoms with Gasteiger partial charge in [0.2, 0.25) is 0 Å². The first kappa shape index (κ1) is 19.4. The fourth-order valence-corrected chi connectivity index (χ4v) is 4.35. The van der Waals surface area contributed by atoms with Crippen molar-refractivity contribution < 1.29 is 9.53 Å². The van der Waals surface area contributed by atoms with Crippen LogP contribution in [-0.4, -0.2) is 23.5 Å². The van der Waals surface area contributed by atoms with Crippen molar-refractivity contribution in [3.8, 4) is 5.75 Å². The number of hydrogen-bond donors (Lipinski definition) is 0. The molecule has 0 saturated heterocycles. The maximum Gasteiger partial charge on any atom is 0.265 e. The third-order valence-corrected chi connectivity index (χ3v) is 5.86. The van der Waals surface area contributed by atoms with Crippen molar-refractivity contribution in [1.82, 2.24) is 4.98 Å². The molecule has 0 atom stereocenters. The van der Waals surface area contributed by atoms with E-state index in [1.807, 2.05) is 48.2 Å². The number of carbonyl (C=O) groups excluding carboxylic acids is 1.